The van der Waals surface area contributed by atoms with Crippen molar-refractivity contribution in [2.45, 2.75) is 24.8 Å². The van der Waals surface area contributed by atoms with Gasteiger partial charge in [0.2, 0.25) is 0 Å². The van der Waals surface area contributed by atoms with Crippen LogP contribution in [-0.2, 0) is 19.1 Å². The highest BCUT2D eigenvalue weighted by molar-refractivity contribution is 8.00. The summed E-state index contributed by atoms with van der Waals surface area (Å²) in [6.07, 6.45) is -1.98. The van der Waals surface area contributed by atoms with Crippen molar-refractivity contribution in [3.8, 4) is 5.75 Å². The molecule has 0 unspecified atom stereocenters. The SMILES string of the molecule is CCOc1ccc(SCC(=O)O[C@H](C)C(=O)NC(=O)OC)cc1. The molecule has 0 fully saturated rings. The maximum absolute atomic E-state index is 11.7. The van der Waals surface area contributed by atoms with E-state index in [-0.39, 0.29) is 5.75 Å². The fourth-order valence-corrected chi connectivity index (χ4v) is 2.16. The molecule has 0 heterocycles. The number of esters is 1. The highest BCUT2D eigenvalue weighted by atomic mass is 32.2. The molecule has 0 aliphatic rings. The van der Waals surface area contributed by atoms with E-state index in [4.69, 9.17) is 9.47 Å². The number of methoxy groups -OCH3 is 1. The number of hydrogen-bond donors (Lipinski definition) is 1. The number of nitrogens with one attached hydrogen (secondary N) is 1. The summed E-state index contributed by atoms with van der Waals surface area (Å²) in [5.41, 5.74) is 0. The van der Waals surface area contributed by atoms with Gasteiger partial charge in [0.15, 0.2) is 6.10 Å². The molecular weight excluding hydrogens is 322 g/mol. The molecule has 0 aromatic heterocycles. The lowest BCUT2D eigenvalue weighted by molar-refractivity contribution is -0.152. The second kappa shape index (κ2) is 9.73. The van der Waals surface area contributed by atoms with Gasteiger partial charge in [-0.25, -0.2) is 4.79 Å². The lowest BCUT2D eigenvalue weighted by atomic mass is 10.3. The van der Waals surface area contributed by atoms with E-state index in [0.717, 1.165) is 17.8 Å². The fraction of sp³-hybridized carbons (Fsp3) is 0.400. The van der Waals surface area contributed by atoms with Gasteiger partial charge in [-0.05, 0) is 38.1 Å². The van der Waals surface area contributed by atoms with Gasteiger partial charge in [0, 0.05) is 4.90 Å². The number of rotatable bonds is 7. The predicted octanol–water partition coefficient (Wildman–Crippen LogP) is 1.99. The molecule has 0 saturated heterocycles. The van der Waals surface area contributed by atoms with E-state index in [0.29, 0.717) is 6.61 Å². The summed E-state index contributed by atoms with van der Waals surface area (Å²) in [5, 5.41) is 1.93. The predicted molar refractivity (Wildman–Crippen MR) is 84.4 cm³/mol. The van der Waals surface area contributed by atoms with Crippen molar-refractivity contribution in [1.29, 1.82) is 0 Å². The number of thioether (sulfide) groups is 1. The molecule has 0 bridgehead atoms. The monoisotopic (exact) mass is 341 g/mol. The van der Waals surface area contributed by atoms with Crippen LogP contribution in [0.5, 0.6) is 5.75 Å². The smallest absolute Gasteiger partial charge is 0.413 e. The van der Waals surface area contributed by atoms with E-state index in [1.54, 1.807) is 0 Å². The van der Waals surface area contributed by atoms with Gasteiger partial charge in [-0.15, -0.1) is 11.8 Å². The zero-order valence-electron chi connectivity index (χ0n) is 13.2. The second-order valence-electron chi connectivity index (χ2n) is 4.31. The zero-order chi connectivity index (χ0) is 17.2. The van der Waals surface area contributed by atoms with E-state index >= 15 is 0 Å². The Bertz CT molecular complexity index is 545. The van der Waals surface area contributed by atoms with Gasteiger partial charge in [-0.2, -0.15) is 0 Å². The molecule has 0 saturated carbocycles. The fourth-order valence-electron chi connectivity index (χ4n) is 1.48. The Hall–Kier alpha value is -2.22. The molecule has 0 radical (unpaired) electrons. The average molecular weight is 341 g/mol. The molecule has 1 N–H and O–H groups in total. The second-order valence-corrected chi connectivity index (χ2v) is 5.35. The molecule has 1 aromatic rings. The lowest BCUT2D eigenvalue weighted by Crippen LogP contribution is -2.39. The number of alkyl carbamates (subject to hydrolysis) is 1. The van der Waals surface area contributed by atoms with Crippen LogP contribution in [0, 0.1) is 0 Å². The summed E-state index contributed by atoms with van der Waals surface area (Å²) in [6.45, 7) is 3.86. The lowest BCUT2D eigenvalue weighted by Gasteiger charge is -2.12. The van der Waals surface area contributed by atoms with Crippen molar-refractivity contribution >= 4 is 29.7 Å². The minimum Gasteiger partial charge on any atom is -0.494 e. The Morgan fingerprint density at radius 1 is 1.22 bits per heavy atom. The molecule has 23 heavy (non-hydrogen) atoms. The van der Waals surface area contributed by atoms with Crippen molar-refractivity contribution < 1.29 is 28.6 Å². The Balaban J connectivity index is 2.38. The van der Waals surface area contributed by atoms with Crippen LogP contribution in [0.25, 0.3) is 0 Å². The molecule has 8 heteroatoms. The first kappa shape index (κ1) is 18.8. The summed E-state index contributed by atoms with van der Waals surface area (Å²) in [4.78, 5) is 35.0. The third kappa shape index (κ3) is 7.05. The van der Waals surface area contributed by atoms with Crippen LogP contribution in [-0.4, -0.2) is 43.5 Å². The van der Waals surface area contributed by atoms with Crippen LogP contribution in [0.4, 0.5) is 4.79 Å². The van der Waals surface area contributed by atoms with Gasteiger partial charge >= 0.3 is 12.1 Å². The standard InChI is InChI=1S/C15H19NO6S/c1-4-21-11-5-7-12(8-6-11)23-9-13(17)22-10(2)14(18)16-15(19)20-3/h5-8,10H,4,9H2,1-3H3,(H,16,18,19)/t10-/m1/s1. The van der Waals surface area contributed by atoms with E-state index < -0.39 is 24.1 Å². The van der Waals surface area contributed by atoms with Gasteiger partial charge in [-0.3, -0.25) is 14.9 Å². The highest BCUT2D eigenvalue weighted by Crippen LogP contribution is 2.21. The van der Waals surface area contributed by atoms with Gasteiger partial charge < -0.3 is 14.2 Å². The largest absolute Gasteiger partial charge is 0.494 e. The first-order chi connectivity index (χ1) is 11.0. The number of carbonyl (C=O) groups is 3. The van der Waals surface area contributed by atoms with Crippen molar-refractivity contribution in [2.75, 3.05) is 19.5 Å². The van der Waals surface area contributed by atoms with Gasteiger partial charge in [0.05, 0.1) is 19.5 Å². The number of imide groups is 1. The molecule has 1 atom stereocenters. The Morgan fingerprint density at radius 3 is 2.43 bits per heavy atom. The maximum Gasteiger partial charge on any atom is 0.413 e. The number of ether oxygens (including phenoxy) is 3. The first-order valence-corrected chi connectivity index (χ1v) is 7.88. The molecule has 1 rings (SSSR count). The maximum atomic E-state index is 11.7. The Labute approximate surface area is 138 Å². The highest BCUT2D eigenvalue weighted by Gasteiger charge is 2.20. The molecule has 0 aliphatic heterocycles. The summed E-state index contributed by atoms with van der Waals surface area (Å²) in [7, 11) is 1.13. The Kier molecular flexibility index (Phi) is 7.96. The minimum absolute atomic E-state index is 0.0455. The van der Waals surface area contributed by atoms with Gasteiger partial charge in [0.25, 0.3) is 5.91 Å². The minimum atomic E-state index is -1.08. The third-order valence-corrected chi connectivity index (χ3v) is 3.57. The first-order valence-electron chi connectivity index (χ1n) is 6.90. The summed E-state index contributed by atoms with van der Waals surface area (Å²) >= 11 is 1.27. The topological polar surface area (TPSA) is 90.9 Å². The summed E-state index contributed by atoms with van der Waals surface area (Å²) < 4.78 is 14.5. The van der Waals surface area contributed by atoms with Crippen LogP contribution in [0.15, 0.2) is 29.2 Å². The van der Waals surface area contributed by atoms with Crippen LogP contribution < -0.4 is 10.1 Å². The molecule has 0 aliphatic carbocycles. The molecule has 7 nitrogen and oxygen atoms in total. The molecule has 0 spiro atoms. The van der Waals surface area contributed by atoms with Crippen molar-refractivity contribution in [2.24, 2.45) is 0 Å². The average Bonchev–Trinajstić information content (AvgIpc) is 2.54. The van der Waals surface area contributed by atoms with Crippen molar-refractivity contribution in [3.05, 3.63) is 24.3 Å². The van der Waals surface area contributed by atoms with Crippen LogP contribution in [0.3, 0.4) is 0 Å². The number of benzene rings is 1. The summed E-state index contributed by atoms with van der Waals surface area (Å²) in [5.74, 6) is -0.496. The van der Waals surface area contributed by atoms with E-state index in [1.807, 2.05) is 36.5 Å². The number of carbonyl (C=O) groups excluding carboxylic acids is 3. The van der Waals surface area contributed by atoms with Gasteiger partial charge in [-0.1, -0.05) is 0 Å². The number of hydrogen-bond acceptors (Lipinski definition) is 7. The van der Waals surface area contributed by atoms with Crippen molar-refractivity contribution in [1.82, 2.24) is 5.32 Å². The summed E-state index contributed by atoms with van der Waals surface area (Å²) in [6, 6.07) is 7.28. The number of amides is 2. The molecule has 2 amide bonds. The van der Waals surface area contributed by atoms with E-state index in [9.17, 15) is 14.4 Å². The zero-order valence-corrected chi connectivity index (χ0v) is 14.0. The Morgan fingerprint density at radius 2 is 1.87 bits per heavy atom. The molecule has 126 valence electrons. The third-order valence-electron chi connectivity index (χ3n) is 2.58. The molecule has 1 aromatic carbocycles. The van der Waals surface area contributed by atoms with Crippen molar-refractivity contribution in [3.63, 3.8) is 0 Å². The van der Waals surface area contributed by atoms with E-state index in [2.05, 4.69) is 4.74 Å². The molecular formula is C15H19NO6S. The van der Waals surface area contributed by atoms with E-state index in [1.165, 1.54) is 18.7 Å². The van der Waals surface area contributed by atoms with Crippen LogP contribution in [0.1, 0.15) is 13.8 Å². The van der Waals surface area contributed by atoms with Crippen LogP contribution >= 0.6 is 11.8 Å². The quantitative estimate of drug-likeness (QED) is 0.599. The van der Waals surface area contributed by atoms with Crippen LogP contribution in [0.2, 0.25) is 0 Å². The normalized spacial score (nSPS) is 11.3. The van der Waals surface area contributed by atoms with Gasteiger partial charge in [0.1, 0.15) is 5.75 Å².